The Labute approximate surface area is 116 Å². The molecule has 0 aliphatic carbocycles. The fourth-order valence-electron chi connectivity index (χ4n) is 2.30. The van der Waals surface area contributed by atoms with Crippen molar-refractivity contribution in [3.63, 3.8) is 0 Å². The minimum Gasteiger partial charge on any atom is -0.360 e. The summed E-state index contributed by atoms with van der Waals surface area (Å²) in [5.41, 5.74) is 0. The molecule has 3 heterocycles. The minimum absolute atomic E-state index is 0.830. The van der Waals surface area contributed by atoms with Crippen molar-refractivity contribution in [1.82, 2.24) is 24.1 Å². The first-order chi connectivity index (χ1) is 9.36. The molecule has 0 fully saturated rings. The van der Waals surface area contributed by atoms with Crippen LogP contribution in [0.5, 0.6) is 0 Å². The van der Waals surface area contributed by atoms with Crippen LogP contribution in [0.4, 0.5) is 5.13 Å². The van der Waals surface area contributed by atoms with Gasteiger partial charge >= 0.3 is 0 Å². The lowest BCUT2D eigenvalue weighted by atomic mass is 10.1. The number of nitrogens with one attached hydrogen (secondary N) is 1. The van der Waals surface area contributed by atoms with Crippen molar-refractivity contribution in [1.29, 1.82) is 0 Å². The fraction of sp³-hybridized carbons (Fsp3) is 0.667. The maximum Gasteiger partial charge on any atom is 0.202 e. The van der Waals surface area contributed by atoms with Crippen LogP contribution in [0.25, 0.3) is 0 Å². The van der Waals surface area contributed by atoms with Crippen LogP contribution in [0.3, 0.4) is 0 Å². The smallest absolute Gasteiger partial charge is 0.202 e. The summed E-state index contributed by atoms with van der Waals surface area (Å²) in [6.07, 6.45) is 5.31. The Morgan fingerprint density at radius 2 is 2.26 bits per heavy atom. The van der Waals surface area contributed by atoms with Gasteiger partial charge in [0, 0.05) is 43.9 Å². The van der Waals surface area contributed by atoms with E-state index in [-0.39, 0.29) is 0 Å². The molecule has 6 nitrogen and oxygen atoms in total. The lowest BCUT2D eigenvalue weighted by molar-refractivity contribution is 0.508. The molecule has 0 amide bonds. The van der Waals surface area contributed by atoms with E-state index in [1.54, 1.807) is 0 Å². The van der Waals surface area contributed by atoms with Gasteiger partial charge in [0.2, 0.25) is 5.13 Å². The van der Waals surface area contributed by atoms with E-state index in [1.807, 2.05) is 0 Å². The molecular formula is C12H18N6S. The first-order valence-electron chi connectivity index (χ1n) is 6.84. The highest BCUT2D eigenvalue weighted by atomic mass is 32.1. The molecule has 3 rings (SSSR count). The van der Waals surface area contributed by atoms with E-state index < -0.39 is 0 Å². The van der Waals surface area contributed by atoms with Crippen molar-refractivity contribution >= 4 is 16.7 Å². The van der Waals surface area contributed by atoms with Crippen LogP contribution in [0.1, 0.15) is 37.2 Å². The number of hydrogen-bond donors (Lipinski definition) is 1. The maximum absolute atomic E-state index is 4.39. The zero-order valence-corrected chi connectivity index (χ0v) is 11.9. The highest BCUT2D eigenvalue weighted by Gasteiger charge is 2.15. The van der Waals surface area contributed by atoms with Gasteiger partial charge in [-0.3, -0.25) is 0 Å². The summed E-state index contributed by atoms with van der Waals surface area (Å²) in [5.74, 6) is 3.14. The standard InChI is InChI=1S/C12H18N6S/c1-2-9-14-12(19-17-9)13-7-6-11-16-15-10-5-3-4-8-18(10)11/h2-8H2,1H3,(H,13,14,17). The van der Waals surface area contributed by atoms with Gasteiger partial charge in [-0.05, 0) is 12.8 Å². The summed E-state index contributed by atoms with van der Waals surface area (Å²) in [6, 6.07) is 0. The van der Waals surface area contributed by atoms with E-state index in [4.69, 9.17) is 0 Å². The molecule has 102 valence electrons. The molecule has 1 aliphatic rings. The molecule has 1 aliphatic heterocycles. The number of hydrogen-bond acceptors (Lipinski definition) is 6. The van der Waals surface area contributed by atoms with Crippen molar-refractivity contribution in [2.24, 2.45) is 0 Å². The minimum atomic E-state index is 0.830. The molecule has 0 atom stereocenters. The summed E-state index contributed by atoms with van der Waals surface area (Å²) in [5, 5.41) is 12.8. The average molecular weight is 278 g/mol. The average Bonchev–Trinajstić information content (AvgIpc) is 3.06. The first-order valence-corrected chi connectivity index (χ1v) is 7.61. The molecule has 0 aromatic carbocycles. The molecule has 1 N–H and O–H groups in total. The third-order valence-corrected chi connectivity index (χ3v) is 4.06. The molecule has 2 aromatic rings. The number of aryl methyl sites for hydroxylation is 2. The van der Waals surface area contributed by atoms with Gasteiger partial charge in [-0.25, -0.2) is 4.98 Å². The molecule has 7 heteroatoms. The molecular weight excluding hydrogens is 260 g/mol. The van der Waals surface area contributed by atoms with Crippen LogP contribution in [0, 0.1) is 0 Å². The second-order valence-electron chi connectivity index (χ2n) is 4.69. The van der Waals surface area contributed by atoms with E-state index >= 15 is 0 Å². The molecule has 0 spiro atoms. The van der Waals surface area contributed by atoms with Crippen molar-refractivity contribution < 1.29 is 0 Å². The van der Waals surface area contributed by atoms with E-state index in [1.165, 1.54) is 24.4 Å². The summed E-state index contributed by atoms with van der Waals surface area (Å²) >= 11 is 1.43. The summed E-state index contributed by atoms with van der Waals surface area (Å²) in [7, 11) is 0. The van der Waals surface area contributed by atoms with Gasteiger partial charge in [0.05, 0.1) is 0 Å². The van der Waals surface area contributed by atoms with Crippen molar-refractivity contribution in [3.8, 4) is 0 Å². The Morgan fingerprint density at radius 1 is 1.32 bits per heavy atom. The number of rotatable bonds is 5. The van der Waals surface area contributed by atoms with Crippen LogP contribution < -0.4 is 5.32 Å². The first kappa shape index (κ1) is 12.5. The van der Waals surface area contributed by atoms with Crippen LogP contribution in [0.2, 0.25) is 0 Å². The predicted octanol–water partition coefficient (Wildman–Crippen LogP) is 1.68. The summed E-state index contributed by atoms with van der Waals surface area (Å²) < 4.78 is 6.52. The van der Waals surface area contributed by atoms with Gasteiger partial charge in [-0.15, -0.1) is 10.2 Å². The second-order valence-corrected chi connectivity index (χ2v) is 5.44. The van der Waals surface area contributed by atoms with E-state index in [2.05, 4.69) is 36.4 Å². The van der Waals surface area contributed by atoms with Crippen molar-refractivity contribution in [2.75, 3.05) is 11.9 Å². The molecule has 0 saturated heterocycles. The normalized spacial score (nSPS) is 14.4. The third kappa shape index (κ3) is 2.75. The number of aromatic nitrogens is 5. The molecule has 19 heavy (non-hydrogen) atoms. The lowest BCUT2D eigenvalue weighted by Crippen LogP contribution is -2.15. The number of fused-ring (bicyclic) bond motifs is 1. The Bertz CT molecular complexity index is 546. The Morgan fingerprint density at radius 3 is 3.11 bits per heavy atom. The molecule has 0 saturated carbocycles. The van der Waals surface area contributed by atoms with Crippen LogP contribution in [0.15, 0.2) is 0 Å². The zero-order chi connectivity index (χ0) is 13.1. The molecule has 0 unspecified atom stereocenters. The van der Waals surface area contributed by atoms with Gasteiger partial charge in [0.15, 0.2) is 0 Å². The topological polar surface area (TPSA) is 68.5 Å². The van der Waals surface area contributed by atoms with Gasteiger partial charge in [0.25, 0.3) is 0 Å². The van der Waals surface area contributed by atoms with Gasteiger partial charge in [-0.2, -0.15) is 4.37 Å². The van der Waals surface area contributed by atoms with Gasteiger partial charge in [-0.1, -0.05) is 6.92 Å². The zero-order valence-electron chi connectivity index (χ0n) is 11.1. The Balaban J connectivity index is 1.56. The monoisotopic (exact) mass is 278 g/mol. The molecule has 0 bridgehead atoms. The van der Waals surface area contributed by atoms with Crippen LogP contribution in [-0.2, 0) is 25.8 Å². The largest absolute Gasteiger partial charge is 0.360 e. The van der Waals surface area contributed by atoms with Crippen LogP contribution in [-0.4, -0.2) is 30.7 Å². The van der Waals surface area contributed by atoms with E-state index in [9.17, 15) is 0 Å². The van der Waals surface area contributed by atoms with Crippen LogP contribution >= 0.6 is 11.5 Å². The van der Waals surface area contributed by atoms with E-state index in [0.717, 1.165) is 55.0 Å². The van der Waals surface area contributed by atoms with Gasteiger partial charge < -0.3 is 9.88 Å². The number of anilines is 1. The van der Waals surface area contributed by atoms with Crippen molar-refractivity contribution in [2.45, 2.75) is 45.6 Å². The Kier molecular flexibility index (Phi) is 3.72. The number of nitrogens with zero attached hydrogens (tertiary/aromatic N) is 5. The third-order valence-electron chi connectivity index (χ3n) is 3.35. The van der Waals surface area contributed by atoms with Crippen molar-refractivity contribution in [3.05, 3.63) is 17.5 Å². The van der Waals surface area contributed by atoms with Gasteiger partial charge in [0.1, 0.15) is 17.5 Å². The lowest BCUT2D eigenvalue weighted by Gasteiger charge is -2.14. The van der Waals surface area contributed by atoms with E-state index in [0.29, 0.717) is 0 Å². The maximum atomic E-state index is 4.39. The second kappa shape index (κ2) is 5.64. The summed E-state index contributed by atoms with van der Waals surface area (Å²) in [4.78, 5) is 4.39. The molecule has 2 aromatic heterocycles. The predicted molar refractivity (Wildman–Crippen MR) is 74.4 cm³/mol. The Hall–Kier alpha value is -1.50. The molecule has 0 radical (unpaired) electrons. The highest BCUT2D eigenvalue weighted by Crippen LogP contribution is 2.15. The highest BCUT2D eigenvalue weighted by molar-refractivity contribution is 7.09. The SMILES string of the molecule is CCc1nsc(NCCc2nnc3n2CCCC3)n1. The fourth-order valence-corrected chi connectivity index (χ4v) is 2.98. The quantitative estimate of drug-likeness (QED) is 0.901. The summed E-state index contributed by atoms with van der Waals surface area (Å²) in [6.45, 7) is 3.96.